The van der Waals surface area contributed by atoms with Gasteiger partial charge in [0.25, 0.3) is 4.96 Å². The first-order valence-corrected chi connectivity index (χ1v) is 7.51. The quantitative estimate of drug-likeness (QED) is 0.669. The van der Waals surface area contributed by atoms with Crippen LogP contribution < -0.4 is 4.90 Å². The SMILES string of the molecule is O=C(O)CCC1CCN(c2nc3sccn3c2[N+](=O)[O-])C1. The molecule has 0 saturated carbocycles. The van der Waals surface area contributed by atoms with Gasteiger partial charge in [0.2, 0.25) is 5.82 Å². The lowest BCUT2D eigenvalue weighted by Gasteiger charge is -2.14. The number of aromatic nitrogens is 2. The number of hydrogen-bond acceptors (Lipinski definition) is 6. The van der Waals surface area contributed by atoms with Crippen LogP contribution in [0.3, 0.4) is 0 Å². The molecule has 1 N–H and O–H groups in total. The topological polar surface area (TPSA) is 101 Å². The van der Waals surface area contributed by atoms with E-state index in [2.05, 4.69) is 4.98 Å². The molecule has 0 aliphatic carbocycles. The second kappa shape index (κ2) is 5.32. The number of imidazole rings is 1. The summed E-state index contributed by atoms with van der Waals surface area (Å²) >= 11 is 1.36. The van der Waals surface area contributed by atoms with E-state index < -0.39 is 10.9 Å². The predicted octanol–water partition coefficient (Wildman–Crippen LogP) is 2.00. The summed E-state index contributed by atoms with van der Waals surface area (Å²) < 4.78 is 1.49. The number of rotatable bonds is 5. The first kappa shape index (κ1) is 13.8. The van der Waals surface area contributed by atoms with Gasteiger partial charge in [0, 0.05) is 24.9 Å². The van der Waals surface area contributed by atoms with Gasteiger partial charge in [-0.25, -0.2) is 0 Å². The van der Waals surface area contributed by atoms with Gasteiger partial charge < -0.3 is 20.1 Å². The third-order valence-electron chi connectivity index (χ3n) is 3.74. The summed E-state index contributed by atoms with van der Waals surface area (Å²) in [5.74, 6) is -0.169. The van der Waals surface area contributed by atoms with Crippen LogP contribution in [-0.4, -0.2) is 38.5 Å². The predicted molar refractivity (Wildman–Crippen MR) is 76.9 cm³/mol. The summed E-state index contributed by atoms with van der Waals surface area (Å²) in [5.41, 5.74) is 0. The highest BCUT2D eigenvalue weighted by Gasteiger charge is 2.32. The van der Waals surface area contributed by atoms with Crippen molar-refractivity contribution in [3.8, 4) is 0 Å². The van der Waals surface area contributed by atoms with Gasteiger partial charge in [0.15, 0.2) is 0 Å². The number of carboxylic acid groups (broad SMARTS) is 1. The zero-order chi connectivity index (χ0) is 15.0. The normalized spacial score (nSPS) is 18.5. The first-order chi connectivity index (χ1) is 10.1. The number of fused-ring (bicyclic) bond motifs is 1. The molecular weight excluding hydrogens is 296 g/mol. The first-order valence-electron chi connectivity index (χ1n) is 6.63. The summed E-state index contributed by atoms with van der Waals surface area (Å²) in [4.78, 5) is 28.4. The van der Waals surface area contributed by atoms with Crippen molar-refractivity contribution in [2.24, 2.45) is 5.92 Å². The molecule has 2 aromatic rings. The zero-order valence-corrected chi connectivity index (χ0v) is 12.0. The minimum Gasteiger partial charge on any atom is -0.481 e. The van der Waals surface area contributed by atoms with Crippen molar-refractivity contribution < 1.29 is 14.8 Å². The highest BCUT2D eigenvalue weighted by molar-refractivity contribution is 7.15. The van der Waals surface area contributed by atoms with Crippen molar-refractivity contribution in [1.82, 2.24) is 9.38 Å². The van der Waals surface area contributed by atoms with E-state index in [-0.39, 0.29) is 18.2 Å². The van der Waals surface area contributed by atoms with E-state index in [1.807, 2.05) is 4.90 Å². The van der Waals surface area contributed by atoms with Crippen LogP contribution in [0.25, 0.3) is 4.96 Å². The van der Waals surface area contributed by atoms with Crippen LogP contribution in [-0.2, 0) is 4.79 Å². The number of anilines is 1. The Bertz CT molecular complexity index is 695. The van der Waals surface area contributed by atoms with Gasteiger partial charge in [-0.3, -0.25) is 4.79 Å². The smallest absolute Gasteiger partial charge is 0.373 e. The highest BCUT2D eigenvalue weighted by Crippen LogP contribution is 2.34. The van der Waals surface area contributed by atoms with Gasteiger partial charge >= 0.3 is 11.8 Å². The van der Waals surface area contributed by atoms with Crippen molar-refractivity contribution in [2.75, 3.05) is 18.0 Å². The van der Waals surface area contributed by atoms with Crippen molar-refractivity contribution in [1.29, 1.82) is 0 Å². The Morgan fingerprint density at radius 3 is 3.14 bits per heavy atom. The van der Waals surface area contributed by atoms with Crippen LogP contribution in [0.4, 0.5) is 11.6 Å². The molecule has 0 radical (unpaired) electrons. The molecule has 0 aromatic carbocycles. The van der Waals surface area contributed by atoms with Crippen LogP contribution in [0.5, 0.6) is 0 Å². The fourth-order valence-corrected chi connectivity index (χ4v) is 3.44. The molecule has 0 spiro atoms. The summed E-state index contributed by atoms with van der Waals surface area (Å²) in [7, 11) is 0. The standard InChI is InChI=1S/C12H14N4O4S/c17-9(18)2-1-8-3-4-14(7-8)10-11(16(19)20)15-5-6-21-12(15)13-10/h5-6,8H,1-4,7H2,(H,17,18). The molecule has 1 atom stereocenters. The third-order valence-corrected chi connectivity index (χ3v) is 4.50. The summed E-state index contributed by atoms with van der Waals surface area (Å²) in [5, 5.41) is 21.8. The Labute approximate surface area is 123 Å². The van der Waals surface area contributed by atoms with Crippen molar-refractivity contribution in [2.45, 2.75) is 19.3 Å². The van der Waals surface area contributed by atoms with Crippen LogP contribution in [0.1, 0.15) is 19.3 Å². The molecule has 2 aromatic heterocycles. The molecule has 3 rings (SSSR count). The van der Waals surface area contributed by atoms with Crippen LogP contribution >= 0.6 is 11.3 Å². The molecule has 0 amide bonds. The number of carbonyl (C=O) groups is 1. The Balaban J connectivity index is 1.81. The maximum atomic E-state index is 11.3. The van der Waals surface area contributed by atoms with Crippen LogP contribution in [0, 0.1) is 16.0 Å². The molecule has 21 heavy (non-hydrogen) atoms. The number of hydrogen-bond donors (Lipinski definition) is 1. The van der Waals surface area contributed by atoms with Crippen LogP contribution in [0.15, 0.2) is 11.6 Å². The van der Waals surface area contributed by atoms with E-state index in [1.54, 1.807) is 11.6 Å². The number of aliphatic carboxylic acids is 1. The molecule has 8 nitrogen and oxygen atoms in total. The van der Waals surface area contributed by atoms with E-state index in [9.17, 15) is 14.9 Å². The fourth-order valence-electron chi connectivity index (χ4n) is 2.73. The van der Waals surface area contributed by atoms with E-state index in [4.69, 9.17) is 5.11 Å². The number of nitrogens with zero attached hydrogens (tertiary/aromatic N) is 4. The minimum absolute atomic E-state index is 0.00913. The molecule has 1 aliphatic rings. The third kappa shape index (κ3) is 2.56. The average Bonchev–Trinajstić information content (AvgIpc) is 3.09. The molecule has 1 fully saturated rings. The van der Waals surface area contributed by atoms with E-state index in [0.717, 1.165) is 6.42 Å². The number of carboxylic acids is 1. The molecule has 1 aliphatic heterocycles. The molecule has 1 saturated heterocycles. The number of nitro groups is 1. The molecule has 9 heteroatoms. The van der Waals surface area contributed by atoms with Gasteiger partial charge in [0.1, 0.15) is 6.20 Å². The van der Waals surface area contributed by atoms with Gasteiger partial charge in [-0.05, 0) is 23.7 Å². The number of thiazole rings is 1. The van der Waals surface area contributed by atoms with E-state index in [1.165, 1.54) is 15.7 Å². The monoisotopic (exact) mass is 310 g/mol. The molecular formula is C12H14N4O4S. The lowest BCUT2D eigenvalue weighted by atomic mass is 10.0. The lowest BCUT2D eigenvalue weighted by Crippen LogP contribution is -2.21. The molecule has 3 heterocycles. The molecule has 112 valence electrons. The van der Waals surface area contributed by atoms with Gasteiger partial charge in [-0.15, -0.1) is 0 Å². The highest BCUT2D eigenvalue weighted by atomic mass is 32.1. The van der Waals surface area contributed by atoms with E-state index in [0.29, 0.717) is 30.3 Å². The van der Waals surface area contributed by atoms with E-state index >= 15 is 0 Å². The molecule has 1 unspecified atom stereocenters. The lowest BCUT2D eigenvalue weighted by molar-refractivity contribution is -0.389. The second-order valence-electron chi connectivity index (χ2n) is 5.10. The summed E-state index contributed by atoms with van der Waals surface area (Å²) in [6.45, 7) is 1.30. The van der Waals surface area contributed by atoms with Gasteiger partial charge in [0.05, 0.1) is 0 Å². The zero-order valence-electron chi connectivity index (χ0n) is 11.1. The largest absolute Gasteiger partial charge is 0.481 e. The Morgan fingerprint density at radius 1 is 1.62 bits per heavy atom. The Kier molecular flexibility index (Phi) is 3.50. The van der Waals surface area contributed by atoms with Crippen LogP contribution in [0.2, 0.25) is 0 Å². The van der Waals surface area contributed by atoms with Crippen molar-refractivity contribution >= 4 is 33.9 Å². The summed E-state index contributed by atoms with van der Waals surface area (Å²) in [6, 6.07) is 0. The Hall–Kier alpha value is -2.16. The van der Waals surface area contributed by atoms with Gasteiger partial charge in [-0.1, -0.05) is 11.3 Å². The van der Waals surface area contributed by atoms with Crippen molar-refractivity contribution in [3.05, 3.63) is 21.7 Å². The minimum atomic E-state index is -0.804. The maximum Gasteiger partial charge on any atom is 0.373 e. The Morgan fingerprint density at radius 2 is 2.43 bits per heavy atom. The second-order valence-corrected chi connectivity index (χ2v) is 5.98. The summed E-state index contributed by atoms with van der Waals surface area (Å²) in [6.07, 6.45) is 3.23. The fraction of sp³-hybridized carbons (Fsp3) is 0.500. The van der Waals surface area contributed by atoms with Gasteiger partial charge in [-0.2, -0.15) is 9.38 Å². The van der Waals surface area contributed by atoms with Crippen molar-refractivity contribution in [3.63, 3.8) is 0 Å². The maximum absolute atomic E-state index is 11.3. The molecule has 0 bridgehead atoms. The average molecular weight is 310 g/mol.